The fraction of sp³-hybridized carbons (Fsp3) is 0.133. The molecule has 1 N–H and O–H groups in total. The molecule has 21 heavy (non-hydrogen) atoms. The van der Waals surface area contributed by atoms with Crippen LogP contribution in [0.4, 0.5) is 0 Å². The van der Waals surface area contributed by atoms with Crippen LogP contribution in [0.15, 0.2) is 48.7 Å². The van der Waals surface area contributed by atoms with Crippen LogP contribution in [0.2, 0.25) is 5.15 Å². The SMILES string of the molecule is O=C(O)C(C(=O)OCc1ccc(Cl)nc1)c1ccccc1. The van der Waals surface area contributed by atoms with Gasteiger partial charge in [-0.15, -0.1) is 0 Å². The second-order valence-corrected chi connectivity index (χ2v) is 4.67. The molecular formula is C15H12ClNO4. The van der Waals surface area contributed by atoms with E-state index in [0.29, 0.717) is 16.3 Å². The van der Waals surface area contributed by atoms with Crippen LogP contribution in [0.25, 0.3) is 0 Å². The number of carboxylic acids is 1. The normalized spacial score (nSPS) is 11.7. The Bertz CT molecular complexity index is 628. The maximum Gasteiger partial charge on any atom is 0.325 e. The maximum atomic E-state index is 12.0. The molecule has 0 aliphatic heterocycles. The minimum Gasteiger partial charge on any atom is -0.480 e. The third kappa shape index (κ3) is 4.03. The molecule has 1 heterocycles. The van der Waals surface area contributed by atoms with Gasteiger partial charge in [0.25, 0.3) is 0 Å². The molecule has 0 radical (unpaired) electrons. The lowest BCUT2D eigenvalue weighted by molar-refractivity contribution is -0.155. The van der Waals surface area contributed by atoms with E-state index in [9.17, 15) is 14.7 Å². The largest absolute Gasteiger partial charge is 0.480 e. The molecule has 0 aliphatic carbocycles. The second kappa shape index (κ2) is 6.85. The van der Waals surface area contributed by atoms with Crippen molar-refractivity contribution < 1.29 is 19.4 Å². The summed E-state index contributed by atoms with van der Waals surface area (Å²) in [5, 5.41) is 9.53. The average molecular weight is 306 g/mol. The summed E-state index contributed by atoms with van der Waals surface area (Å²) in [6.07, 6.45) is 1.47. The van der Waals surface area contributed by atoms with Gasteiger partial charge in [0.1, 0.15) is 11.8 Å². The third-order valence-corrected chi connectivity index (χ3v) is 3.01. The first kappa shape index (κ1) is 15.0. The van der Waals surface area contributed by atoms with Crippen molar-refractivity contribution in [3.05, 3.63) is 64.9 Å². The van der Waals surface area contributed by atoms with Gasteiger partial charge in [-0.05, 0) is 11.6 Å². The number of aromatic nitrogens is 1. The highest BCUT2D eigenvalue weighted by Crippen LogP contribution is 2.18. The van der Waals surface area contributed by atoms with Crippen LogP contribution in [-0.2, 0) is 20.9 Å². The molecule has 108 valence electrons. The molecule has 1 atom stereocenters. The average Bonchev–Trinajstić information content (AvgIpc) is 2.47. The molecule has 6 heteroatoms. The Labute approximate surface area is 126 Å². The fourth-order valence-corrected chi connectivity index (χ4v) is 1.87. The van der Waals surface area contributed by atoms with E-state index in [4.69, 9.17) is 16.3 Å². The molecule has 1 aromatic heterocycles. The zero-order chi connectivity index (χ0) is 15.2. The number of aliphatic carboxylic acids is 1. The summed E-state index contributed by atoms with van der Waals surface area (Å²) < 4.78 is 5.04. The summed E-state index contributed by atoms with van der Waals surface area (Å²) in [5.41, 5.74) is 1.01. The predicted molar refractivity (Wildman–Crippen MR) is 75.9 cm³/mol. The Morgan fingerprint density at radius 1 is 1.19 bits per heavy atom. The summed E-state index contributed by atoms with van der Waals surface area (Å²) in [7, 11) is 0. The molecule has 1 unspecified atom stereocenters. The highest BCUT2D eigenvalue weighted by atomic mass is 35.5. The first-order valence-electron chi connectivity index (χ1n) is 6.13. The molecular weight excluding hydrogens is 294 g/mol. The highest BCUT2D eigenvalue weighted by molar-refractivity contribution is 6.29. The Kier molecular flexibility index (Phi) is 4.90. The van der Waals surface area contributed by atoms with E-state index < -0.39 is 17.9 Å². The van der Waals surface area contributed by atoms with E-state index in [-0.39, 0.29) is 6.61 Å². The van der Waals surface area contributed by atoms with Crippen molar-refractivity contribution in [3.63, 3.8) is 0 Å². The molecule has 5 nitrogen and oxygen atoms in total. The van der Waals surface area contributed by atoms with Crippen molar-refractivity contribution in [2.45, 2.75) is 12.5 Å². The molecule has 0 amide bonds. The van der Waals surface area contributed by atoms with Gasteiger partial charge in [-0.2, -0.15) is 0 Å². The van der Waals surface area contributed by atoms with Crippen LogP contribution in [-0.4, -0.2) is 22.0 Å². The highest BCUT2D eigenvalue weighted by Gasteiger charge is 2.29. The van der Waals surface area contributed by atoms with Gasteiger partial charge < -0.3 is 9.84 Å². The zero-order valence-corrected chi connectivity index (χ0v) is 11.7. The van der Waals surface area contributed by atoms with Gasteiger partial charge in [-0.3, -0.25) is 9.59 Å². The monoisotopic (exact) mass is 305 g/mol. The van der Waals surface area contributed by atoms with Gasteiger partial charge in [0, 0.05) is 11.8 Å². The molecule has 1 aromatic carbocycles. The third-order valence-electron chi connectivity index (χ3n) is 2.79. The van der Waals surface area contributed by atoms with E-state index in [1.165, 1.54) is 6.20 Å². The lowest BCUT2D eigenvalue weighted by atomic mass is 10.00. The fourth-order valence-electron chi connectivity index (χ4n) is 1.75. The van der Waals surface area contributed by atoms with E-state index >= 15 is 0 Å². The lowest BCUT2D eigenvalue weighted by Crippen LogP contribution is -2.23. The van der Waals surface area contributed by atoms with Crippen molar-refractivity contribution in [1.82, 2.24) is 4.98 Å². The van der Waals surface area contributed by atoms with Crippen LogP contribution in [0.1, 0.15) is 17.0 Å². The number of hydrogen-bond donors (Lipinski definition) is 1. The number of carbonyl (C=O) groups is 2. The van der Waals surface area contributed by atoms with E-state index in [0.717, 1.165) is 0 Å². The number of pyridine rings is 1. The van der Waals surface area contributed by atoms with Crippen LogP contribution in [0.5, 0.6) is 0 Å². The summed E-state index contributed by atoms with van der Waals surface area (Å²) in [6.45, 7) is -0.0559. The van der Waals surface area contributed by atoms with E-state index in [1.54, 1.807) is 42.5 Å². The van der Waals surface area contributed by atoms with E-state index in [2.05, 4.69) is 4.98 Å². The number of hydrogen-bond acceptors (Lipinski definition) is 4. The minimum absolute atomic E-state index is 0.0559. The number of carboxylic acid groups (broad SMARTS) is 1. The molecule has 0 aliphatic rings. The predicted octanol–water partition coefficient (Wildman–Crippen LogP) is 2.65. The number of halogens is 1. The summed E-state index contributed by atoms with van der Waals surface area (Å²) in [4.78, 5) is 27.1. The van der Waals surface area contributed by atoms with Crippen molar-refractivity contribution in [3.8, 4) is 0 Å². The van der Waals surface area contributed by atoms with Gasteiger partial charge in [-0.1, -0.05) is 48.0 Å². The maximum absolute atomic E-state index is 12.0. The molecule has 2 rings (SSSR count). The van der Waals surface area contributed by atoms with Crippen LogP contribution >= 0.6 is 11.6 Å². The first-order chi connectivity index (χ1) is 10.1. The first-order valence-corrected chi connectivity index (χ1v) is 6.50. The van der Waals surface area contributed by atoms with Crippen LogP contribution in [0, 0.1) is 0 Å². The van der Waals surface area contributed by atoms with Gasteiger partial charge >= 0.3 is 11.9 Å². The Balaban J connectivity index is 2.06. The topological polar surface area (TPSA) is 76.5 Å². The molecule has 0 bridgehead atoms. The molecule has 0 saturated carbocycles. The molecule has 0 spiro atoms. The van der Waals surface area contributed by atoms with Gasteiger partial charge in [0.15, 0.2) is 5.92 Å². The number of rotatable bonds is 5. The number of esters is 1. The molecule has 0 saturated heterocycles. The van der Waals surface area contributed by atoms with Gasteiger partial charge in [-0.25, -0.2) is 4.98 Å². The second-order valence-electron chi connectivity index (χ2n) is 4.28. The Morgan fingerprint density at radius 2 is 1.90 bits per heavy atom. The van der Waals surface area contributed by atoms with Gasteiger partial charge in [0.2, 0.25) is 0 Å². The number of carbonyl (C=O) groups excluding carboxylic acids is 1. The zero-order valence-electron chi connectivity index (χ0n) is 10.9. The number of nitrogens with zero attached hydrogens (tertiary/aromatic N) is 1. The van der Waals surface area contributed by atoms with Crippen molar-refractivity contribution in [1.29, 1.82) is 0 Å². The number of benzene rings is 1. The standard InChI is InChI=1S/C15H12ClNO4/c16-12-7-6-10(8-17-12)9-21-15(20)13(14(18)19)11-4-2-1-3-5-11/h1-8,13H,9H2,(H,18,19). The number of ether oxygens (including phenoxy) is 1. The van der Waals surface area contributed by atoms with Gasteiger partial charge in [0.05, 0.1) is 0 Å². The Morgan fingerprint density at radius 3 is 2.48 bits per heavy atom. The summed E-state index contributed by atoms with van der Waals surface area (Å²) in [5.74, 6) is -3.41. The molecule has 0 fully saturated rings. The lowest BCUT2D eigenvalue weighted by Gasteiger charge is -2.12. The minimum atomic E-state index is -1.34. The van der Waals surface area contributed by atoms with Crippen molar-refractivity contribution in [2.24, 2.45) is 0 Å². The quantitative estimate of drug-likeness (QED) is 0.522. The molecule has 2 aromatic rings. The van der Waals surface area contributed by atoms with Crippen LogP contribution in [0.3, 0.4) is 0 Å². The van der Waals surface area contributed by atoms with Crippen molar-refractivity contribution >= 4 is 23.5 Å². The van der Waals surface area contributed by atoms with E-state index in [1.807, 2.05) is 0 Å². The smallest absolute Gasteiger partial charge is 0.325 e. The van der Waals surface area contributed by atoms with Crippen molar-refractivity contribution in [2.75, 3.05) is 0 Å². The summed E-state index contributed by atoms with van der Waals surface area (Å²) >= 11 is 5.65. The van der Waals surface area contributed by atoms with Crippen LogP contribution < -0.4 is 0 Å². The Hall–Kier alpha value is -2.40. The summed E-state index contributed by atoms with van der Waals surface area (Å²) in [6, 6.07) is 11.4.